The molecule has 1 aromatic heterocycles. The Labute approximate surface area is 173 Å². The lowest BCUT2D eigenvalue weighted by Gasteiger charge is -2.12. The fourth-order valence-corrected chi connectivity index (χ4v) is 2.60. The molecule has 0 unspecified atom stereocenters. The van der Waals surface area contributed by atoms with Gasteiger partial charge >= 0.3 is 0 Å². The number of carbonyl (C=O) groups excluding carboxylic acids is 2. The van der Waals surface area contributed by atoms with E-state index in [0.29, 0.717) is 28.7 Å². The summed E-state index contributed by atoms with van der Waals surface area (Å²) in [6.07, 6.45) is 0. The van der Waals surface area contributed by atoms with Crippen molar-refractivity contribution >= 4 is 17.5 Å². The molecule has 8 nitrogen and oxygen atoms in total. The lowest BCUT2D eigenvalue weighted by Crippen LogP contribution is -2.32. The second kappa shape index (κ2) is 10.0. The molecule has 0 atom stereocenters. The predicted molar refractivity (Wildman–Crippen MR) is 110 cm³/mol. The highest BCUT2D eigenvalue weighted by molar-refractivity contribution is 5.98. The minimum atomic E-state index is -0.506. The highest BCUT2D eigenvalue weighted by atomic mass is 16.5. The summed E-state index contributed by atoms with van der Waals surface area (Å²) in [5, 5.41) is 5.19. The Morgan fingerprint density at radius 2 is 1.73 bits per heavy atom. The molecule has 0 spiro atoms. The Morgan fingerprint density at radius 1 is 0.933 bits per heavy atom. The van der Waals surface area contributed by atoms with Crippen molar-refractivity contribution in [1.82, 2.24) is 5.32 Å². The van der Waals surface area contributed by atoms with Crippen LogP contribution in [0.1, 0.15) is 16.3 Å². The lowest BCUT2D eigenvalue weighted by atomic mass is 10.2. The molecule has 8 heteroatoms. The number of amides is 2. The van der Waals surface area contributed by atoms with Crippen LogP contribution in [0.15, 0.2) is 65.1 Å². The summed E-state index contributed by atoms with van der Waals surface area (Å²) in [6.45, 7) is -0.0524. The number of nitrogens with one attached hydrogen (secondary N) is 2. The quantitative estimate of drug-likeness (QED) is 0.562. The monoisotopic (exact) mass is 410 g/mol. The van der Waals surface area contributed by atoms with Crippen molar-refractivity contribution in [2.45, 2.75) is 6.61 Å². The Morgan fingerprint density at radius 3 is 2.47 bits per heavy atom. The maximum atomic E-state index is 12.2. The number of ether oxygens (including phenoxy) is 3. The van der Waals surface area contributed by atoms with Gasteiger partial charge in [0.2, 0.25) is 5.91 Å². The molecule has 0 aliphatic rings. The van der Waals surface area contributed by atoms with Crippen molar-refractivity contribution in [3.05, 3.63) is 72.2 Å². The summed E-state index contributed by atoms with van der Waals surface area (Å²) in [5.74, 6) is 1.40. The van der Waals surface area contributed by atoms with Gasteiger partial charge in [-0.05, 0) is 36.4 Å². The molecule has 2 aromatic carbocycles. The summed E-state index contributed by atoms with van der Waals surface area (Å²) in [7, 11) is 3.02. The summed E-state index contributed by atoms with van der Waals surface area (Å²) < 4.78 is 21.4. The van der Waals surface area contributed by atoms with E-state index < -0.39 is 11.8 Å². The van der Waals surface area contributed by atoms with Gasteiger partial charge in [-0.2, -0.15) is 0 Å². The van der Waals surface area contributed by atoms with E-state index >= 15 is 0 Å². The van der Waals surface area contributed by atoms with Crippen LogP contribution in [0, 0.1) is 0 Å². The van der Waals surface area contributed by atoms with Crippen molar-refractivity contribution < 1.29 is 28.2 Å². The van der Waals surface area contributed by atoms with Crippen LogP contribution in [-0.4, -0.2) is 32.6 Å². The van der Waals surface area contributed by atoms with Crippen LogP contribution < -0.4 is 24.8 Å². The molecule has 0 bridgehead atoms. The van der Waals surface area contributed by atoms with Crippen LogP contribution in [-0.2, 0) is 11.4 Å². The summed E-state index contributed by atoms with van der Waals surface area (Å²) in [5.41, 5.74) is 0.439. The van der Waals surface area contributed by atoms with E-state index in [1.165, 1.54) is 20.3 Å². The van der Waals surface area contributed by atoms with Crippen molar-refractivity contribution in [3.63, 3.8) is 0 Å². The normalized spacial score (nSPS) is 10.2. The van der Waals surface area contributed by atoms with Gasteiger partial charge in [-0.3, -0.25) is 9.59 Å². The number of hydrogen-bond donors (Lipinski definition) is 2. The fourth-order valence-electron chi connectivity index (χ4n) is 2.60. The molecule has 1 heterocycles. The average Bonchev–Trinajstić information content (AvgIpc) is 3.26. The number of rotatable bonds is 9. The SMILES string of the molecule is COc1ccc(OC)c(NC(=O)CNC(=O)c2ccc(COc3ccccc3)o2)c1. The van der Waals surface area contributed by atoms with Crippen molar-refractivity contribution in [3.8, 4) is 17.2 Å². The molecule has 0 saturated heterocycles. The topological polar surface area (TPSA) is 99.0 Å². The van der Waals surface area contributed by atoms with Crippen LogP contribution in [0.5, 0.6) is 17.2 Å². The van der Waals surface area contributed by atoms with Crippen LogP contribution in [0.3, 0.4) is 0 Å². The van der Waals surface area contributed by atoms with Gasteiger partial charge in [0, 0.05) is 6.07 Å². The van der Waals surface area contributed by atoms with Crippen LogP contribution >= 0.6 is 0 Å². The molecule has 3 aromatic rings. The van der Waals surface area contributed by atoms with Gasteiger partial charge in [-0.1, -0.05) is 18.2 Å². The lowest BCUT2D eigenvalue weighted by molar-refractivity contribution is -0.115. The Bertz CT molecular complexity index is 1000. The third-order valence-electron chi connectivity index (χ3n) is 4.10. The molecular formula is C22H22N2O6. The van der Waals surface area contributed by atoms with Gasteiger partial charge in [-0.15, -0.1) is 0 Å². The largest absolute Gasteiger partial charge is 0.497 e. The van der Waals surface area contributed by atoms with E-state index in [2.05, 4.69) is 10.6 Å². The molecule has 0 aliphatic carbocycles. The first-order chi connectivity index (χ1) is 14.6. The fraction of sp³-hybridized carbons (Fsp3) is 0.182. The standard InChI is InChI=1S/C22H22N2O6/c1-27-16-8-10-19(28-2)18(12-16)24-21(25)13-23-22(26)20-11-9-17(30-20)14-29-15-6-4-3-5-7-15/h3-12H,13-14H2,1-2H3,(H,23,26)(H,24,25). The van der Waals surface area contributed by atoms with E-state index in [0.717, 1.165) is 0 Å². The predicted octanol–water partition coefficient (Wildman–Crippen LogP) is 3.24. The van der Waals surface area contributed by atoms with Gasteiger partial charge in [0.05, 0.1) is 26.5 Å². The smallest absolute Gasteiger partial charge is 0.287 e. The Hall–Kier alpha value is -3.94. The first-order valence-electron chi connectivity index (χ1n) is 9.15. The minimum absolute atomic E-state index is 0.0911. The Kier molecular flexibility index (Phi) is 6.94. The molecule has 2 N–H and O–H groups in total. The van der Waals surface area contributed by atoms with E-state index in [1.807, 2.05) is 30.3 Å². The average molecular weight is 410 g/mol. The van der Waals surface area contributed by atoms with Crippen LogP contribution in [0.4, 0.5) is 5.69 Å². The summed E-state index contributed by atoms with van der Waals surface area (Å²) in [6, 6.07) is 17.5. The molecule has 156 valence electrons. The third-order valence-corrected chi connectivity index (χ3v) is 4.10. The second-order valence-corrected chi connectivity index (χ2v) is 6.16. The molecule has 0 aliphatic heterocycles. The molecule has 2 amide bonds. The number of anilines is 1. The maximum absolute atomic E-state index is 12.2. The number of benzene rings is 2. The number of methoxy groups -OCH3 is 2. The van der Waals surface area contributed by atoms with Gasteiger partial charge < -0.3 is 29.3 Å². The summed E-state index contributed by atoms with van der Waals surface area (Å²) >= 11 is 0. The molecule has 3 rings (SSSR count). The van der Waals surface area contributed by atoms with Crippen molar-refractivity contribution in [1.29, 1.82) is 0 Å². The first kappa shape index (κ1) is 20.8. The number of carbonyl (C=O) groups is 2. The van der Waals surface area contributed by atoms with Gasteiger partial charge in [0.15, 0.2) is 5.76 Å². The van der Waals surface area contributed by atoms with Gasteiger partial charge in [0.1, 0.15) is 29.6 Å². The van der Waals surface area contributed by atoms with E-state index in [-0.39, 0.29) is 18.9 Å². The number of hydrogen-bond acceptors (Lipinski definition) is 6. The zero-order valence-corrected chi connectivity index (χ0v) is 16.6. The molecular weight excluding hydrogens is 388 g/mol. The second-order valence-electron chi connectivity index (χ2n) is 6.16. The Balaban J connectivity index is 1.51. The van der Waals surface area contributed by atoms with E-state index in [4.69, 9.17) is 18.6 Å². The van der Waals surface area contributed by atoms with Crippen molar-refractivity contribution in [2.24, 2.45) is 0 Å². The molecule has 0 fully saturated rings. The first-order valence-corrected chi connectivity index (χ1v) is 9.15. The van der Waals surface area contributed by atoms with Crippen LogP contribution in [0.25, 0.3) is 0 Å². The van der Waals surface area contributed by atoms with E-state index in [9.17, 15) is 9.59 Å². The third kappa shape index (κ3) is 5.54. The maximum Gasteiger partial charge on any atom is 0.287 e. The number of furan rings is 1. The van der Waals surface area contributed by atoms with E-state index in [1.54, 1.807) is 24.3 Å². The number of para-hydroxylation sites is 1. The zero-order chi connectivity index (χ0) is 21.3. The minimum Gasteiger partial charge on any atom is -0.497 e. The molecule has 0 saturated carbocycles. The highest BCUT2D eigenvalue weighted by Gasteiger charge is 2.14. The van der Waals surface area contributed by atoms with Crippen molar-refractivity contribution in [2.75, 3.05) is 26.1 Å². The van der Waals surface area contributed by atoms with Gasteiger partial charge in [0.25, 0.3) is 5.91 Å². The zero-order valence-electron chi connectivity index (χ0n) is 16.6. The molecule has 30 heavy (non-hydrogen) atoms. The van der Waals surface area contributed by atoms with Gasteiger partial charge in [-0.25, -0.2) is 0 Å². The molecule has 0 radical (unpaired) electrons. The summed E-state index contributed by atoms with van der Waals surface area (Å²) in [4.78, 5) is 24.5. The highest BCUT2D eigenvalue weighted by Crippen LogP contribution is 2.28. The van der Waals surface area contributed by atoms with Crippen LogP contribution in [0.2, 0.25) is 0 Å².